The summed E-state index contributed by atoms with van der Waals surface area (Å²) >= 11 is 1.60. The molecule has 0 amide bonds. The third kappa shape index (κ3) is 7.00. The summed E-state index contributed by atoms with van der Waals surface area (Å²) in [4.78, 5) is 13.1. The number of rotatable bonds is 10. The molecule has 0 aliphatic heterocycles. The van der Waals surface area contributed by atoms with E-state index in [1.165, 1.54) is 5.56 Å². The molecule has 3 nitrogen and oxygen atoms in total. The number of carbonyl (C=O) groups excluding carboxylic acids is 1. The summed E-state index contributed by atoms with van der Waals surface area (Å²) in [5, 5.41) is 3.29. The molecule has 0 heterocycles. The predicted octanol–water partition coefficient (Wildman–Crippen LogP) is 4.01. The fourth-order valence-electron chi connectivity index (χ4n) is 1.98. The van der Waals surface area contributed by atoms with E-state index in [0.717, 1.165) is 37.2 Å². The molecular formula is C17H27NO2S. The van der Waals surface area contributed by atoms with E-state index in [1.807, 2.05) is 6.92 Å². The molecule has 118 valence electrons. The topological polar surface area (TPSA) is 38.3 Å². The molecule has 21 heavy (non-hydrogen) atoms. The van der Waals surface area contributed by atoms with Crippen molar-refractivity contribution in [2.24, 2.45) is 0 Å². The van der Waals surface area contributed by atoms with Crippen LogP contribution < -0.4 is 5.32 Å². The second kappa shape index (κ2) is 10.7. The molecule has 1 rings (SSSR count). The molecular weight excluding hydrogens is 282 g/mol. The molecule has 0 aliphatic carbocycles. The highest BCUT2D eigenvalue weighted by Crippen LogP contribution is 2.27. The standard InChI is InChI=1S/C17H27NO2S/c1-4-7-16(17(19)20-6-3)21-15-10-8-14(9-11-15)13-18-12-5-2/h8-11,16,18H,4-7,12-13H2,1-3H3. The van der Waals surface area contributed by atoms with Crippen LogP contribution in [-0.2, 0) is 16.1 Å². The zero-order valence-electron chi connectivity index (χ0n) is 13.4. The van der Waals surface area contributed by atoms with E-state index in [-0.39, 0.29) is 11.2 Å². The monoisotopic (exact) mass is 309 g/mol. The smallest absolute Gasteiger partial charge is 0.319 e. The maximum atomic E-state index is 11.9. The van der Waals surface area contributed by atoms with E-state index in [0.29, 0.717) is 6.61 Å². The van der Waals surface area contributed by atoms with Crippen LogP contribution in [0, 0.1) is 0 Å². The first-order valence-corrected chi connectivity index (χ1v) is 8.72. The number of benzene rings is 1. The molecule has 1 atom stereocenters. The molecule has 0 bridgehead atoms. The fourth-order valence-corrected chi connectivity index (χ4v) is 3.12. The Morgan fingerprint density at radius 2 is 1.90 bits per heavy atom. The van der Waals surface area contributed by atoms with Gasteiger partial charge in [0.25, 0.3) is 0 Å². The predicted molar refractivity (Wildman–Crippen MR) is 89.6 cm³/mol. The molecule has 1 aromatic carbocycles. The summed E-state index contributed by atoms with van der Waals surface area (Å²) in [6, 6.07) is 8.43. The van der Waals surface area contributed by atoms with Crippen LogP contribution in [0.5, 0.6) is 0 Å². The second-order valence-electron chi connectivity index (χ2n) is 4.97. The molecule has 0 saturated carbocycles. The normalized spacial score (nSPS) is 12.1. The Morgan fingerprint density at radius 1 is 1.19 bits per heavy atom. The molecule has 0 radical (unpaired) electrons. The largest absolute Gasteiger partial charge is 0.465 e. The second-order valence-corrected chi connectivity index (χ2v) is 6.24. The molecule has 0 aliphatic rings. The first-order valence-electron chi connectivity index (χ1n) is 7.84. The van der Waals surface area contributed by atoms with Crippen molar-refractivity contribution in [3.8, 4) is 0 Å². The van der Waals surface area contributed by atoms with Crippen LogP contribution >= 0.6 is 11.8 Å². The zero-order valence-corrected chi connectivity index (χ0v) is 14.2. The molecule has 0 saturated heterocycles. The lowest BCUT2D eigenvalue weighted by atomic mass is 10.2. The van der Waals surface area contributed by atoms with Crippen molar-refractivity contribution in [3.05, 3.63) is 29.8 Å². The Balaban J connectivity index is 2.56. The van der Waals surface area contributed by atoms with Crippen molar-refractivity contribution < 1.29 is 9.53 Å². The van der Waals surface area contributed by atoms with Crippen LogP contribution in [0.4, 0.5) is 0 Å². The van der Waals surface area contributed by atoms with Crippen molar-refractivity contribution >= 4 is 17.7 Å². The number of hydrogen-bond acceptors (Lipinski definition) is 4. The lowest BCUT2D eigenvalue weighted by Crippen LogP contribution is -2.20. The molecule has 1 unspecified atom stereocenters. The summed E-state index contributed by atoms with van der Waals surface area (Å²) in [6.07, 6.45) is 2.98. The number of nitrogens with one attached hydrogen (secondary N) is 1. The molecule has 0 aromatic heterocycles. The number of carbonyl (C=O) groups is 1. The highest BCUT2D eigenvalue weighted by Gasteiger charge is 2.20. The number of ether oxygens (including phenoxy) is 1. The fraction of sp³-hybridized carbons (Fsp3) is 0.588. The van der Waals surface area contributed by atoms with Crippen LogP contribution in [0.25, 0.3) is 0 Å². The summed E-state index contributed by atoms with van der Waals surface area (Å²) in [5.74, 6) is -0.0990. The Hall–Kier alpha value is -1.00. The van der Waals surface area contributed by atoms with Gasteiger partial charge in [0.1, 0.15) is 5.25 Å². The Morgan fingerprint density at radius 3 is 2.48 bits per heavy atom. The first-order chi connectivity index (χ1) is 10.2. The number of thioether (sulfide) groups is 1. The van der Waals surface area contributed by atoms with E-state index in [9.17, 15) is 4.79 Å². The van der Waals surface area contributed by atoms with Crippen LogP contribution in [0.2, 0.25) is 0 Å². The van der Waals surface area contributed by atoms with E-state index < -0.39 is 0 Å². The quantitative estimate of drug-likeness (QED) is 0.402. The van der Waals surface area contributed by atoms with Gasteiger partial charge in [0, 0.05) is 11.4 Å². The van der Waals surface area contributed by atoms with Gasteiger partial charge in [0.15, 0.2) is 0 Å². The van der Waals surface area contributed by atoms with Gasteiger partial charge < -0.3 is 10.1 Å². The van der Waals surface area contributed by atoms with Gasteiger partial charge >= 0.3 is 5.97 Å². The van der Waals surface area contributed by atoms with E-state index in [2.05, 4.69) is 43.4 Å². The summed E-state index contributed by atoms with van der Waals surface area (Å²) in [5.41, 5.74) is 1.27. The maximum Gasteiger partial charge on any atom is 0.319 e. The minimum Gasteiger partial charge on any atom is -0.465 e. The molecule has 0 spiro atoms. The molecule has 1 N–H and O–H groups in total. The summed E-state index contributed by atoms with van der Waals surface area (Å²) < 4.78 is 5.15. The van der Waals surface area contributed by atoms with Crippen molar-refractivity contribution in [1.29, 1.82) is 0 Å². The maximum absolute atomic E-state index is 11.9. The van der Waals surface area contributed by atoms with Gasteiger partial charge in [-0.25, -0.2) is 0 Å². The van der Waals surface area contributed by atoms with E-state index >= 15 is 0 Å². The summed E-state index contributed by atoms with van der Waals surface area (Å²) in [6.45, 7) is 8.49. The van der Waals surface area contributed by atoms with Crippen molar-refractivity contribution in [2.75, 3.05) is 13.2 Å². The Kier molecular flexibility index (Phi) is 9.19. The molecule has 4 heteroatoms. The van der Waals surface area contributed by atoms with Gasteiger partial charge in [-0.1, -0.05) is 32.4 Å². The van der Waals surface area contributed by atoms with Gasteiger partial charge in [-0.2, -0.15) is 0 Å². The highest BCUT2D eigenvalue weighted by atomic mass is 32.2. The van der Waals surface area contributed by atoms with Crippen LogP contribution in [0.1, 0.15) is 45.6 Å². The minimum atomic E-state index is -0.0990. The average molecular weight is 309 g/mol. The molecule has 0 fully saturated rings. The number of hydrogen-bond donors (Lipinski definition) is 1. The lowest BCUT2D eigenvalue weighted by molar-refractivity contribution is -0.142. The number of esters is 1. The van der Waals surface area contributed by atoms with Crippen molar-refractivity contribution in [1.82, 2.24) is 5.32 Å². The highest BCUT2D eigenvalue weighted by molar-refractivity contribution is 8.00. The van der Waals surface area contributed by atoms with E-state index in [4.69, 9.17) is 4.74 Å². The van der Waals surface area contributed by atoms with Crippen LogP contribution in [-0.4, -0.2) is 24.4 Å². The SMILES string of the molecule is CCCNCc1ccc(SC(CCC)C(=O)OCC)cc1. The minimum absolute atomic E-state index is 0.0981. The molecule has 1 aromatic rings. The Bertz CT molecular complexity index is 406. The van der Waals surface area contributed by atoms with Gasteiger partial charge in [0.05, 0.1) is 6.61 Å². The first kappa shape index (κ1) is 18.1. The summed E-state index contributed by atoms with van der Waals surface area (Å²) in [7, 11) is 0. The third-order valence-electron chi connectivity index (χ3n) is 3.06. The van der Waals surface area contributed by atoms with Gasteiger partial charge in [-0.05, 0) is 44.0 Å². The van der Waals surface area contributed by atoms with Crippen LogP contribution in [0.3, 0.4) is 0 Å². The van der Waals surface area contributed by atoms with Crippen molar-refractivity contribution in [2.45, 2.75) is 56.7 Å². The third-order valence-corrected chi connectivity index (χ3v) is 4.31. The zero-order chi connectivity index (χ0) is 15.5. The lowest BCUT2D eigenvalue weighted by Gasteiger charge is -2.14. The Labute approximate surface area is 132 Å². The van der Waals surface area contributed by atoms with Crippen LogP contribution in [0.15, 0.2) is 29.2 Å². The van der Waals surface area contributed by atoms with E-state index in [1.54, 1.807) is 11.8 Å². The average Bonchev–Trinajstić information content (AvgIpc) is 2.49. The van der Waals surface area contributed by atoms with Gasteiger partial charge in [-0.3, -0.25) is 4.79 Å². The van der Waals surface area contributed by atoms with Gasteiger partial charge in [0.2, 0.25) is 0 Å². The van der Waals surface area contributed by atoms with Crippen molar-refractivity contribution in [3.63, 3.8) is 0 Å². The van der Waals surface area contributed by atoms with Gasteiger partial charge in [-0.15, -0.1) is 11.8 Å².